The Morgan fingerprint density at radius 3 is 2.51 bits per heavy atom. The third-order valence-corrected chi connectivity index (χ3v) is 5.05. The van der Waals surface area contributed by atoms with Gasteiger partial charge in [-0.25, -0.2) is 9.79 Å². The van der Waals surface area contributed by atoms with E-state index >= 15 is 0 Å². The van der Waals surface area contributed by atoms with Crippen LogP contribution in [-0.2, 0) is 25.6 Å². The van der Waals surface area contributed by atoms with Gasteiger partial charge < -0.3 is 24.4 Å². The predicted octanol–water partition coefficient (Wildman–Crippen LogP) is 2.45. The van der Waals surface area contributed by atoms with E-state index in [1.54, 1.807) is 6.92 Å². The van der Waals surface area contributed by atoms with Gasteiger partial charge in [0.25, 0.3) is 0 Å². The summed E-state index contributed by atoms with van der Waals surface area (Å²) in [6.45, 7) is 10.3. The van der Waals surface area contributed by atoms with Crippen LogP contribution in [0.3, 0.4) is 0 Å². The second-order valence-corrected chi connectivity index (χ2v) is 9.37. The molecular formula is C25H37N5O5. The molecule has 1 aliphatic rings. The molecule has 1 aliphatic heterocycles. The maximum atomic E-state index is 13.2. The SMILES string of the molecule is CCOC(=O)NC(=NC(CC(C)(C)C)C(=O)NC(C#N)COCc1ccccc1)N1CCOCC1. The molecule has 2 N–H and O–H groups in total. The number of amides is 2. The molecule has 1 saturated heterocycles. The average molecular weight is 488 g/mol. The van der Waals surface area contributed by atoms with Crippen molar-refractivity contribution in [3.05, 3.63) is 35.9 Å². The van der Waals surface area contributed by atoms with Crippen molar-refractivity contribution in [2.45, 2.75) is 52.8 Å². The number of nitrogens with one attached hydrogen (secondary N) is 2. The molecule has 0 spiro atoms. The van der Waals surface area contributed by atoms with E-state index in [0.717, 1.165) is 5.56 Å². The van der Waals surface area contributed by atoms with E-state index in [0.29, 0.717) is 39.3 Å². The van der Waals surface area contributed by atoms with Crippen molar-refractivity contribution in [1.29, 1.82) is 5.26 Å². The lowest BCUT2D eigenvalue weighted by Crippen LogP contribution is -2.51. The van der Waals surface area contributed by atoms with Gasteiger partial charge in [-0.15, -0.1) is 0 Å². The Morgan fingerprint density at radius 1 is 1.23 bits per heavy atom. The number of benzene rings is 1. The summed E-state index contributed by atoms with van der Waals surface area (Å²) in [5.74, 6) is -0.156. The maximum absolute atomic E-state index is 13.2. The molecule has 1 heterocycles. The number of nitrogens with zero attached hydrogens (tertiary/aromatic N) is 3. The van der Waals surface area contributed by atoms with E-state index in [1.165, 1.54) is 0 Å². The van der Waals surface area contributed by atoms with Crippen molar-refractivity contribution >= 4 is 18.0 Å². The van der Waals surface area contributed by atoms with E-state index in [-0.39, 0.29) is 24.6 Å². The number of carbonyl (C=O) groups is 2. The van der Waals surface area contributed by atoms with Gasteiger partial charge in [0.2, 0.25) is 11.9 Å². The summed E-state index contributed by atoms with van der Waals surface area (Å²) in [7, 11) is 0. The van der Waals surface area contributed by atoms with Crippen molar-refractivity contribution in [3.63, 3.8) is 0 Å². The topological polar surface area (TPSA) is 125 Å². The molecule has 1 fully saturated rings. The summed E-state index contributed by atoms with van der Waals surface area (Å²) in [5.41, 5.74) is 0.739. The zero-order valence-corrected chi connectivity index (χ0v) is 21.1. The molecule has 0 aliphatic carbocycles. The van der Waals surface area contributed by atoms with Crippen molar-refractivity contribution in [1.82, 2.24) is 15.5 Å². The Morgan fingerprint density at radius 2 is 1.91 bits per heavy atom. The number of hydrogen-bond acceptors (Lipinski definition) is 7. The second kappa shape index (κ2) is 14.3. The van der Waals surface area contributed by atoms with Gasteiger partial charge in [-0.3, -0.25) is 10.1 Å². The van der Waals surface area contributed by atoms with Crippen molar-refractivity contribution in [2.75, 3.05) is 39.5 Å². The van der Waals surface area contributed by atoms with Gasteiger partial charge in [0.15, 0.2) is 0 Å². The van der Waals surface area contributed by atoms with Crippen LogP contribution in [0.2, 0.25) is 0 Å². The van der Waals surface area contributed by atoms with E-state index in [2.05, 4.69) is 21.7 Å². The van der Waals surface area contributed by atoms with Gasteiger partial charge in [0.1, 0.15) is 12.1 Å². The highest BCUT2D eigenvalue weighted by Gasteiger charge is 2.29. The van der Waals surface area contributed by atoms with E-state index in [4.69, 9.17) is 14.2 Å². The number of rotatable bonds is 9. The normalized spacial score (nSPS) is 16.1. The lowest BCUT2D eigenvalue weighted by atomic mass is 9.88. The number of ether oxygens (including phenoxy) is 3. The molecule has 10 heteroatoms. The maximum Gasteiger partial charge on any atom is 0.413 e. The minimum Gasteiger partial charge on any atom is -0.450 e. The number of aliphatic imine (C=N–C) groups is 1. The van der Waals surface area contributed by atoms with Crippen LogP contribution >= 0.6 is 0 Å². The molecule has 0 bridgehead atoms. The van der Waals surface area contributed by atoms with E-state index < -0.39 is 24.1 Å². The van der Waals surface area contributed by atoms with Crippen LogP contribution < -0.4 is 10.6 Å². The summed E-state index contributed by atoms with van der Waals surface area (Å²) >= 11 is 0. The van der Waals surface area contributed by atoms with Crippen molar-refractivity contribution in [3.8, 4) is 6.07 Å². The van der Waals surface area contributed by atoms with Crippen molar-refractivity contribution < 1.29 is 23.8 Å². The van der Waals surface area contributed by atoms with Crippen LogP contribution in [0, 0.1) is 16.7 Å². The Bertz CT molecular complexity index is 872. The zero-order chi connectivity index (χ0) is 25.7. The highest BCUT2D eigenvalue weighted by molar-refractivity contribution is 5.96. The summed E-state index contributed by atoms with van der Waals surface area (Å²) in [6.07, 6.45) is -0.239. The first-order chi connectivity index (χ1) is 16.7. The Labute approximate surface area is 207 Å². The molecule has 1 aromatic carbocycles. The van der Waals surface area contributed by atoms with E-state index in [9.17, 15) is 14.9 Å². The molecule has 192 valence electrons. The number of nitriles is 1. The van der Waals surface area contributed by atoms with Gasteiger partial charge in [0.05, 0.1) is 39.1 Å². The second-order valence-electron chi connectivity index (χ2n) is 9.37. The summed E-state index contributed by atoms with van der Waals surface area (Å²) in [6, 6.07) is 10.0. The number of morpholine rings is 1. The fraction of sp³-hybridized carbons (Fsp3) is 0.600. The summed E-state index contributed by atoms with van der Waals surface area (Å²) in [4.78, 5) is 31.9. The van der Waals surface area contributed by atoms with Gasteiger partial charge in [-0.2, -0.15) is 5.26 Å². The van der Waals surface area contributed by atoms with Crippen LogP contribution in [-0.4, -0.2) is 74.5 Å². The third kappa shape index (κ3) is 10.8. The average Bonchev–Trinajstić information content (AvgIpc) is 2.83. The smallest absolute Gasteiger partial charge is 0.413 e. The van der Waals surface area contributed by atoms with Crippen LogP contribution in [0.25, 0.3) is 0 Å². The largest absolute Gasteiger partial charge is 0.450 e. The molecule has 2 rings (SSSR count). The summed E-state index contributed by atoms with van der Waals surface area (Å²) < 4.78 is 16.1. The summed E-state index contributed by atoms with van der Waals surface area (Å²) in [5, 5.41) is 15.0. The quantitative estimate of drug-likeness (QED) is 0.405. The molecule has 2 atom stereocenters. The van der Waals surface area contributed by atoms with Crippen molar-refractivity contribution in [2.24, 2.45) is 10.4 Å². The van der Waals surface area contributed by atoms with Crippen LogP contribution in [0.4, 0.5) is 4.79 Å². The number of alkyl carbamates (subject to hydrolysis) is 1. The highest BCUT2D eigenvalue weighted by Crippen LogP contribution is 2.23. The molecular weight excluding hydrogens is 450 g/mol. The Kier molecular flexibility index (Phi) is 11.5. The molecule has 35 heavy (non-hydrogen) atoms. The molecule has 2 unspecified atom stereocenters. The first-order valence-corrected chi connectivity index (χ1v) is 11.9. The number of carbonyl (C=O) groups excluding carboxylic acids is 2. The highest BCUT2D eigenvalue weighted by atomic mass is 16.5. The monoisotopic (exact) mass is 487 g/mol. The molecule has 10 nitrogen and oxygen atoms in total. The van der Waals surface area contributed by atoms with Gasteiger partial charge >= 0.3 is 6.09 Å². The van der Waals surface area contributed by atoms with Crippen LogP contribution in [0.5, 0.6) is 0 Å². The molecule has 0 saturated carbocycles. The number of hydrogen-bond donors (Lipinski definition) is 2. The van der Waals surface area contributed by atoms with E-state index in [1.807, 2.05) is 56.0 Å². The Hall–Kier alpha value is -3.16. The first-order valence-electron chi connectivity index (χ1n) is 11.9. The zero-order valence-electron chi connectivity index (χ0n) is 21.1. The molecule has 0 aromatic heterocycles. The predicted molar refractivity (Wildman–Crippen MR) is 131 cm³/mol. The van der Waals surface area contributed by atoms with Crippen LogP contribution in [0.15, 0.2) is 35.3 Å². The molecule has 0 radical (unpaired) electrons. The lowest BCUT2D eigenvalue weighted by Gasteiger charge is -2.31. The minimum absolute atomic E-state index is 0.0421. The lowest BCUT2D eigenvalue weighted by molar-refractivity contribution is -0.123. The third-order valence-electron chi connectivity index (χ3n) is 5.05. The molecule has 2 amide bonds. The Balaban J connectivity index is 2.14. The van der Waals surface area contributed by atoms with Gasteiger partial charge in [-0.05, 0) is 24.3 Å². The van der Waals surface area contributed by atoms with Crippen LogP contribution in [0.1, 0.15) is 39.7 Å². The van der Waals surface area contributed by atoms with Gasteiger partial charge in [-0.1, -0.05) is 51.1 Å². The standard InChI is InChI=1S/C25H37N5O5/c1-5-35-24(32)29-23(30-11-13-33-14-12-30)28-21(15-25(2,3)4)22(31)27-20(16-26)18-34-17-19-9-7-6-8-10-19/h6-10,20-21H,5,11-15,17-18H2,1-4H3,(H,27,31)(H,28,29,32). The first kappa shape index (κ1) is 28.1. The van der Waals surface area contributed by atoms with Gasteiger partial charge in [0, 0.05) is 13.1 Å². The number of guanidine groups is 1. The molecule has 1 aromatic rings. The fourth-order valence-corrected chi connectivity index (χ4v) is 3.40. The fourth-order valence-electron chi connectivity index (χ4n) is 3.40. The minimum atomic E-state index is -0.839.